The van der Waals surface area contributed by atoms with Crippen molar-refractivity contribution in [2.45, 2.75) is 427 Å². The van der Waals surface area contributed by atoms with E-state index in [2.05, 4.69) is 65.0 Å². The van der Waals surface area contributed by atoms with Gasteiger partial charge in [-0.25, -0.2) is 22.0 Å². The fourth-order valence-corrected chi connectivity index (χ4v) is 25.2. The minimum Gasteiger partial charge on any atom is -0.207 e. The van der Waals surface area contributed by atoms with Crippen molar-refractivity contribution in [3.63, 3.8) is 0 Å². The fraction of sp³-hybridized carbons (Fsp3) is 0.730. The van der Waals surface area contributed by atoms with Gasteiger partial charge in [0.15, 0.2) is 0 Å². The molecule has 10 saturated carbocycles. The summed E-state index contributed by atoms with van der Waals surface area (Å²) in [6.45, 7) is 20.9. The van der Waals surface area contributed by atoms with E-state index in [1.807, 2.05) is 65.0 Å². The zero-order valence-corrected chi connectivity index (χ0v) is 75.0. The molecule has 10 fully saturated rings. The fourth-order valence-electron chi connectivity index (χ4n) is 25.2. The Balaban J connectivity index is 0.000000153. The Labute approximate surface area is 709 Å². The van der Waals surface area contributed by atoms with E-state index in [1.165, 1.54) is 349 Å². The van der Waals surface area contributed by atoms with Crippen LogP contribution in [-0.4, -0.2) is 0 Å². The summed E-state index contributed by atoms with van der Waals surface area (Å²) in [7, 11) is 0. The number of halogens is 5. The van der Waals surface area contributed by atoms with Crippen LogP contribution in [0.25, 0.3) is 0 Å². The first kappa shape index (κ1) is 94.0. The van der Waals surface area contributed by atoms with Crippen molar-refractivity contribution < 1.29 is 22.0 Å². The van der Waals surface area contributed by atoms with E-state index in [9.17, 15) is 22.0 Å². The lowest BCUT2D eigenvalue weighted by Crippen LogP contribution is -2.25. The molecule has 0 radical (unpaired) electrons. The van der Waals surface area contributed by atoms with E-state index in [4.69, 9.17) is 0 Å². The van der Waals surface area contributed by atoms with Gasteiger partial charge in [-0.05, 0) is 432 Å². The van der Waals surface area contributed by atoms with Gasteiger partial charge in [-0.2, -0.15) is 0 Å². The molecule has 0 N–H and O–H groups in total. The Kier molecular flexibility index (Phi) is 39.4. The lowest BCUT2D eigenvalue weighted by molar-refractivity contribution is 0.155. The molecule has 116 heavy (non-hydrogen) atoms. The first-order valence-corrected chi connectivity index (χ1v) is 49.6. The molecule has 0 spiro atoms. The molecule has 5 aromatic rings. The topological polar surface area (TPSA) is 0 Å². The van der Waals surface area contributed by atoms with E-state index in [0.29, 0.717) is 29.6 Å². The van der Waals surface area contributed by atoms with E-state index in [-0.39, 0.29) is 36.5 Å². The second kappa shape index (κ2) is 48.6. The Morgan fingerprint density at radius 3 is 0.629 bits per heavy atom. The Morgan fingerprint density at radius 2 is 0.422 bits per heavy atom. The van der Waals surface area contributed by atoms with Crippen LogP contribution in [0.1, 0.15) is 448 Å². The van der Waals surface area contributed by atoms with Crippen LogP contribution in [0.15, 0.2) is 91.0 Å². The number of aryl methyl sites for hydroxylation is 5. The van der Waals surface area contributed by atoms with Crippen LogP contribution in [0.2, 0.25) is 0 Å². The van der Waals surface area contributed by atoms with Gasteiger partial charge in [0, 0.05) is 0 Å². The molecule has 10 aliphatic rings. The third-order valence-electron chi connectivity index (χ3n) is 33.6. The Bertz CT molecular complexity index is 3540. The number of benzene rings is 5. The van der Waals surface area contributed by atoms with Crippen molar-refractivity contribution in [1.29, 1.82) is 0 Å². The van der Waals surface area contributed by atoms with Gasteiger partial charge in [-0.15, -0.1) is 0 Å². The predicted octanol–water partition coefficient (Wildman–Crippen LogP) is 35.7. The summed E-state index contributed by atoms with van der Waals surface area (Å²) >= 11 is 0. The lowest BCUT2D eigenvalue weighted by atomic mass is 9.68. The molecule has 0 amide bonds. The number of rotatable bonds is 20. The summed E-state index contributed by atoms with van der Waals surface area (Å²) in [5.41, 5.74) is 10.0. The van der Waals surface area contributed by atoms with Gasteiger partial charge in [0.25, 0.3) is 0 Å². The standard InChI is InChI=1S/C24H37F.C23H35F.C22H33F.C21H31F.C20H29F.CH4/c1-3-4-5-6-19-8-11-20(12-9-19)21-13-15-22(16-14-21)23-10-7-18(2)24(25)17-23;1-3-4-5-18-7-10-19(11-8-18)20-12-14-21(15-13-20)22-9-6-17(2)23(24)16-22;1-3-4-17-6-9-18(10-7-17)19-11-13-20(14-12-19)21-8-5-16(2)22(23)15-21;1-3-16-5-8-17(9-6-16)18-10-12-19(13-11-18)20-7-4-15(2)21(22)14-20;1-14-3-6-16(7-4-14)17-9-11-18(12-10-17)19-8-5-15(2)20(21)13-19;/h7,10,17,19-22H,3-6,8-9,11-16H2,1-2H3;6,9,16,18-21H,3-5,7-8,10-15H2,1-2H3;5,8,15,17-20H,3-4,6-7,9-14H2,1-2H3;4,7,14,16-19H,3,5-6,8-13H2,1-2H3;5,8,13-14,16-18H,3-4,6-7,9-12H2,1-2H3;1H4. The Morgan fingerprint density at radius 1 is 0.224 bits per heavy atom. The molecule has 0 bridgehead atoms. The zero-order chi connectivity index (χ0) is 81.2. The zero-order valence-electron chi connectivity index (χ0n) is 75.0. The minimum absolute atomic E-state index is 0. The van der Waals surface area contributed by atoms with Crippen molar-refractivity contribution in [3.05, 3.63) is 176 Å². The van der Waals surface area contributed by atoms with Gasteiger partial charge in [-0.3, -0.25) is 0 Å². The molecule has 0 unspecified atom stereocenters. The average molecular weight is 1600 g/mol. The molecule has 5 aromatic carbocycles. The number of unbranched alkanes of at least 4 members (excludes halogenated alkanes) is 3. The van der Waals surface area contributed by atoms with Crippen LogP contribution in [0.3, 0.4) is 0 Å². The molecule has 0 nitrogen and oxygen atoms in total. The summed E-state index contributed by atoms with van der Waals surface area (Å²) in [6.07, 6.45) is 69.8. The minimum atomic E-state index is -0.0316. The van der Waals surface area contributed by atoms with Crippen molar-refractivity contribution in [2.75, 3.05) is 0 Å². The molecular weight excluding hydrogens is 1430 g/mol. The largest absolute Gasteiger partial charge is 0.207 e. The molecule has 0 aromatic heterocycles. The lowest BCUT2D eigenvalue weighted by Gasteiger charge is -2.38. The number of hydrogen-bond donors (Lipinski definition) is 0. The summed E-state index contributed by atoms with van der Waals surface area (Å²) in [5.74, 6) is 17.5. The van der Waals surface area contributed by atoms with Gasteiger partial charge in [-0.1, -0.05) is 231 Å². The highest BCUT2D eigenvalue weighted by molar-refractivity contribution is 5.31. The molecule has 0 heterocycles. The second-order valence-electron chi connectivity index (χ2n) is 41.1. The van der Waals surface area contributed by atoms with Crippen molar-refractivity contribution >= 4 is 0 Å². The van der Waals surface area contributed by atoms with Gasteiger partial charge in [0.2, 0.25) is 0 Å². The molecule has 10 aliphatic carbocycles. The Hall–Kier alpha value is -4.25. The predicted molar refractivity (Wildman–Crippen MR) is 488 cm³/mol. The molecule has 5 heteroatoms. The highest BCUT2D eigenvalue weighted by atomic mass is 19.1. The maximum absolute atomic E-state index is 13.8. The average Bonchev–Trinajstić information content (AvgIpc) is 0.844. The number of hydrogen-bond acceptors (Lipinski definition) is 0. The van der Waals surface area contributed by atoms with Gasteiger partial charge < -0.3 is 0 Å². The third-order valence-corrected chi connectivity index (χ3v) is 33.6. The second-order valence-corrected chi connectivity index (χ2v) is 41.1. The highest BCUT2D eigenvalue weighted by Crippen LogP contribution is 2.51. The molecule has 0 atom stereocenters. The smallest absolute Gasteiger partial charge is 0.126 e. The summed E-state index contributed by atoms with van der Waals surface area (Å²) in [6, 6.07) is 29.4. The van der Waals surface area contributed by atoms with Gasteiger partial charge in [0.1, 0.15) is 29.1 Å². The maximum atomic E-state index is 13.8. The van der Waals surface area contributed by atoms with E-state index in [0.717, 1.165) is 117 Å². The van der Waals surface area contributed by atoms with Crippen LogP contribution >= 0.6 is 0 Å². The van der Waals surface area contributed by atoms with Crippen LogP contribution in [0.4, 0.5) is 22.0 Å². The van der Waals surface area contributed by atoms with E-state index < -0.39 is 0 Å². The summed E-state index contributed by atoms with van der Waals surface area (Å²) < 4.78 is 69.0. The van der Waals surface area contributed by atoms with Crippen molar-refractivity contribution in [1.82, 2.24) is 0 Å². The monoisotopic (exact) mass is 1600 g/mol. The summed E-state index contributed by atoms with van der Waals surface area (Å²) in [4.78, 5) is 0. The summed E-state index contributed by atoms with van der Waals surface area (Å²) in [5, 5.41) is 0. The van der Waals surface area contributed by atoms with Crippen LogP contribution in [0, 0.1) is 152 Å². The highest BCUT2D eigenvalue weighted by Gasteiger charge is 2.37. The van der Waals surface area contributed by atoms with Gasteiger partial charge >= 0.3 is 0 Å². The normalized spacial score (nSPS) is 31.7. The van der Waals surface area contributed by atoms with Crippen LogP contribution in [-0.2, 0) is 0 Å². The molecule has 648 valence electrons. The van der Waals surface area contributed by atoms with Crippen molar-refractivity contribution in [3.8, 4) is 0 Å². The first-order chi connectivity index (χ1) is 55.8. The van der Waals surface area contributed by atoms with Crippen molar-refractivity contribution in [2.24, 2.45) is 88.8 Å². The molecule has 0 aliphatic heterocycles. The van der Waals surface area contributed by atoms with E-state index in [1.54, 1.807) is 30.3 Å². The molecular formula is C111H169F5. The van der Waals surface area contributed by atoms with E-state index >= 15 is 0 Å². The quantitative estimate of drug-likeness (QED) is 0.0538. The van der Waals surface area contributed by atoms with Crippen LogP contribution in [0.5, 0.6) is 0 Å². The maximum Gasteiger partial charge on any atom is 0.126 e. The molecule has 15 rings (SSSR count). The first-order valence-electron chi connectivity index (χ1n) is 49.6. The molecule has 0 saturated heterocycles. The SMILES string of the molecule is C.CCC1CCC(C2CCC(c3ccc(C)c(F)c3)CC2)CC1.CCCC1CCC(C2CCC(c3ccc(C)c(F)c3)CC2)CC1.CCCCC1CCC(C2CCC(c3ccc(C)c(F)c3)CC2)CC1.CCCCCC1CCC(C2CCC(c3ccc(C)c(F)c3)CC2)CC1.Cc1ccc(C2CCC(C3CCC(C)CC3)CC2)cc1F. The third kappa shape index (κ3) is 28.1. The van der Waals surface area contributed by atoms with Crippen LogP contribution < -0.4 is 0 Å². The van der Waals surface area contributed by atoms with Gasteiger partial charge in [0.05, 0.1) is 0 Å².